The van der Waals surface area contributed by atoms with Gasteiger partial charge in [-0.25, -0.2) is 0 Å². The van der Waals surface area contributed by atoms with Crippen molar-refractivity contribution in [2.75, 3.05) is 6.61 Å². The van der Waals surface area contributed by atoms with Crippen LogP contribution in [0.15, 0.2) is 54.6 Å². The molecule has 2 aromatic rings. The SMILES string of the molecule is CC(C)NC(=O)COc1ccc(C(=O)/C=C/c2ccc(Cl)cc2)cc1. The molecule has 0 atom stereocenters. The number of ketones is 1. The maximum atomic E-state index is 12.2. The number of halogens is 1. The number of benzene rings is 2. The fraction of sp³-hybridized carbons (Fsp3) is 0.200. The zero-order valence-corrected chi connectivity index (χ0v) is 14.9. The van der Waals surface area contributed by atoms with E-state index in [9.17, 15) is 9.59 Å². The van der Waals surface area contributed by atoms with Crippen molar-refractivity contribution in [1.29, 1.82) is 0 Å². The van der Waals surface area contributed by atoms with Crippen molar-refractivity contribution in [2.24, 2.45) is 0 Å². The summed E-state index contributed by atoms with van der Waals surface area (Å²) in [4.78, 5) is 23.7. The number of nitrogens with one attached hydrogen (secondary N) is 1. The van der Waals surface area contributed by atoms with Crippen LogP contribution in [0.3, 0.4) is 0 Å². The molecular formula is C20H20ClNO3. The maximum absolute atomic E-state index is 12.2. The number of carbonyl (C=O) groups is 2. The van der Waals surface area contributed by atoms with Crippen molar-refractivity contribution in [3.05, 3.63) is 70.8 Å². The topological polar surface area (TPSA) is 55.4 Å². The molecule has 1 N–H and O–H groups in total. The van der Waals surface area contributed by atoms with E-state index in [0.29, 0.717) is 16.3 Å². The minimum atomic E-state index is -0.180. The van der Waals surface area contributed by atoms with Gasteiger partial charge in [0.1, 0.15) is 5.75 Å². The third kappa shape index (κ3) is 6.43. The number of allylic oxidation sites excluding steroid dienone is 1. The second kappa shape index (κ2) is 9.04. The van der Waals surface area contributed by atoms with E-state index in [1.165, 1.54) is 6.08 Å². The van der Waals surface area contributed by atoms with Gasteiger partial charge in [0.25, 0.3) is 5.91 Å². The van der Waals surface area contributed by atoms with Gasteiger partial charge in [-0.1, -0.05) is 29.8 Å². The highest BCUT2D eigenvalue weighted by atomic mass is 35.5. The Bertz CT molecular complexity index is 750. The van der Waals surface area contributed by atoms with E-state index in [-0.39, 0.29) is 24.3 Å². The van der Waals surface area contributed by atoms with Crippen LogP contribution < -0.4 is 10.1 Å². The Morgan fingerprint density at radius 1 is 1.08 bits per heavy atom. The molecule has 0 spiro atoms. The van der Waals surface area contributed by atoms with E-state index in [2.05, 4.69) is 5.32 Å². The van der Waals surface area contributed by atoms with E-state index >= 15 is 0 Å². The van der Waals surface area contributed by atoms with E-state index in [1.54, 1.807) is 42.5 Å². The number of hydrogen-bond donors (Lipinski definition) is 1. The highest BCUT2D eigenvalue weighted by Crippen LogP contribution is 2.14. The summed E-state index contributed by atoms with van der Waals surface area (Å²) in [5, 5.41) is 3.40. The first-order chi connectivity index (χ1) is 11.9. The molecule has 2 aromatic carbocycles. The van der Waals surface area contributed by atoms with Gasteiger partial charge in [0.05, 0.1) is 0 Å². The largest absolute Gasteiger partial charge is 0.484 e. The van der Waals surface area contributed by atoms with Crippen LogP contribution in [0.5, 0.6) is 5.75 Å². The minimum absolute atomic E-state index is 0.0536. The lowest BCUT2D eigenvalue weighted by Gasteiger charge is -2.09. The van der Waals surface area contributed by atoms with E-state index < -0.39 is 0 Å². The molecule has 0 unspecified atom stereocenters. The van der Waals surface area contributed by atoms with Gasteiger partial charge >= 0.3 is 0 Å². The molecule has 0 bridgehead atoms. The molecule has 1 amide bonds. The summed E-state index contributed by atoms with van der Waals surface area (Å²) >= 11 is 5.83. The molecule has 0 saturated carbocycles. The zero-order chi connectivity index (χ0) is 18.2. The second-order valence-corrected chi connectivity index (χ2v) is 6.22. The molecule has 130 valence electrons. The van der Waals surface area contributed by atoms with Crippen LogP contribution in [0.1, 0.15) is 29.8 Å². The van der Waals surface area contributed by atoms with Gasteiger partial charge in [-0.05, 0) is 61.9 Å². The molecule has 0 aromatic heterocycles. The third-order valence-electron chi connectivity index (χ3n) is 3.26. The van der Waals surface area contributed by atoms with Crippen LogP contribution in [-0.4, -0.2) is 24.3 Å². The molecule has 0 aliphatic rings. The van der Waals surface area contributed by atoms with Crippen molar-refractivity contribution in [3.63, 3.8) is 0 Å². The molecule has 2 rings (SSSR count). The standard InChI is InChI=1S/C20H20ClNO3/c1-14(2)22-20(24)13-25-18-10-6-16(7-11-18)19(23)12-5-15-3-8-17(21)9-4-15/h3-12,14H,13H2,1-2H3,(H,22,24)/b12-5+. The summed E-state index contributed by atoms with van der Waals surface area (Å²) in [6.45, 7) is 3.72. The molecule has 0 aliphatic carbocycles. The van der Waals surface area contributed by atoms with E-state index in [4.69, 9.17) is 16.3 Å². The third-order valence-corrected chi connectivity index (χ3v) is 3.51. The number of hydrogen-bond acceptors (Lipinski definition) is 3. The van der Waals surface area contributed by atoms with Gasteiger partial charge in [-0.3, -0.25) is 9.59 Å². The Hall–Kier alpha value is -2.59. The van der Waals surface area contributed by atoms with Crippen LogP contribution in [0.4, 0.5) is 0 Å². The van der Waals surface area contributed by atoms with Crippen molar-refractivity contribution in [1.82, 2.24) is 5.32 Å². The maximum Gasteiger partial charge on any atom is 0.258 e. The first-order valence-electron chi connectivity index (χ1n) is 7.94. The van der Waals surface area contributed by atoms with E-state index in [1.807, 2.05) is 26.0 Å². The Morgan fingerprint density at radius 2 is 1.72 bits per heavy atom. The van der Waals surface area contributed by atoms with Crippen molar-refractivity contribution in [2.45, 2.75) is 19.9 Å². The summed E-state index contributed by atoms with van der Waals surface area (Å²) in [5.41, 5.74) is 1.44. The quantitative estimate of drug-likeness (QED) is 0.598. The monoisotopic (exact) mass is 357 g/mol. The first kappa shape index (κ1) is 18.7. The summed E-state index contributed by atoms with van der Waals surface area (Å²) in [5.74, 6) is 0.247. The van der Waals surface area contributed by atoms with Crippen molar-refractivity contribution < 1.29 is 14.3 Å². The molecule has 0 heterocycles. The molecule has 0 radical (unpaired) electrons. The average Bonchev–Trinajstić information content (AvgIpc) is 2.59. The number of ether oxygens (including phenoxy) is 1. The smallest absolute Gasteiger partial charge is 0.258 e. The summed E-state index contributed by atoms with van der Waals surface area (Å²) < 4.78 is 5.39. The first-order valence-corrected chi connectivity index (χ1v) is 8.32. The van der Waals surface area contributed by atoms with Gasteiger partial charge in [-0.15, -0.1) is 0 Å². The van der Waals surface area contributed by atoms with Gasteiger partial charge in [0.15, 0.2) is 12.4 Å². The lowest BCUT2D eigenvalue weighted by Crippen LogP contribution is -2.34. The number of carbonyl (C=O) groups excluding carboxylic acids is 2. The highest BCUT2D eigenvalue weighted by Gasteiger charge is 2.06. The molecule has 0 aliphatic heterocycles. The van der Waals surface area contributed by atoms with Gasteiger partial charge < -0.3 is 10.1 Å². The van der Waals surface area contributed by atoms with Crippen molar-refractivity contribution >= 4 is 29.4 Å². The van der Waals surface area contributed by atoms with Crippen LogP contribution in [0.2, 0.25) is 5.02 Å². The van der Waals surface area contributed by atoms with E-state index in [0.717, 1.165) is 5.56 Å². The normalized spacial score (nSPS) is 10.9. The lowest BCUT2D eigenvalue weighted by atomic mass is 10.1. The average molecular weight is 358 g/mol. The predicted octanol–water partition coefficient (Wildman–Crippen LogP) is 4.14. The fourth-order valence-electron chi connectivity index (χ4n) is 2.07. The number of rotatable bonds is 7. The van der Waals surface area contributed by atoms with Crippen LogP contribution in [-0.2, 0) is 4.79 Å². The fourth-order valence-corrected chi connectivity index (χ4v) is 2.20. The van der Waals surface area contributed by atoms with Gasteiger partial charge in [0.2, 0.25) is 0 Å². The molecular weight excluding hydrogens is 338 g/mol. The summed E-state index contributed by atoms with van der Waals surface area (Å²) in [7, 11) is 0. The second-order valence-electron chi connectivity index (χ2n) is 5.78. The summed E-state index contributed by atoms with van der Waals surface area (Å²) in [6.07, 6.45) is 3.24. The predicted molar refractivity (Wildman–Crippen MR) is 100 cm³/mol. The zero-order valence-electron chi connectivity index (χ0n) is 14.2. The Morgan fingerprint density at radius 3 is 2.32 bits per heavy atom. The highest BCUT2D eigenvalue weighted by molar-refractivity contribution is 6.30. The molecule has 5 heteroatoms. The summed E-state index contributed by atoms with van der Waals surface area (Å²) in [6, 6.07) is 14.0. The van der Waals surface area contributed by atoms with Crippen LogP contribution >= 0.6 is 11.6 Å². The Labute approximate surface area is 152 Å². The van der Waals surface area contributed by atoms with Crippen molar-refractivity contribution in [3.8, 4) is 5.75 Å². The van der Waals surface area contributed by atoms with Crippen LogP contribution in [0.25, 0.3) is 6.08 Å². The Balaban J connectivity index is 1.91. The molecule has 4 nitrogen and oxygen atoms in total. The van der Waals surface area contributed by atoms with Crippen LogP contribution in [0, 0.1) is 0 Å². The number of amides is 1. The molecule has 0 saturated heterocycles. The lowest BCUT2D eigenvalue weighted by molar-refractivity contribution is -0.123. The van der Waals surface area contributed by atoms with Gasteiger partial charge in [-0.2, -0.15) is 0 Å². The molecule has 25 heavy (non-hydrogen) atoms. The molecule has 0 fully saturated rings. The van der Waals surface area contributed by atoms with Gasteiger partial charge in [0, 0.05) is 16.6 Å². The minimum Gasteiger partial charge on any atom is -0.484 e. The Kier molecular flexibility index (Phi) is 6.78.